The summed E-state index contributed by atoms with van der Waals surface area (Å²) < 4.78 is 5.31. The van der Waals surface area contributed by atoms with Crippen LogP contribution < -0.4 is 10.6 Å². The second-order valence-electron chi connectivity index (χ2n) is 10.1. The topological polar surface area (TPSA) is 145 Å². The minimum absolute atomic E-state index is 0.0182. The first-order chi connectivity index (χ1) is 18.7. The number of rotatable bonds is 12. The maximum absolute atomic E-state index is 14.0. The number of carbonyl (C=O) groups excluding carboxylic acids is 3. The Hall–Kier alpha value is -3.76. The Morgan fingerprint density at radius 1 is 1.00 bits per heavy atom. The van der Waals surface area contributed by atoms with E-state index in [0.717, 1.165) is 12.0 Å². The second-order valence-corrected chi connectivity index (χ2v) is 10.1. The smallest absolute Gasteiger partial charge is 0.408 e. The van der Waals surface area contributed by atoms with Gasteiger partial charge >= 0.3 is 12.1 Å². The molecule has 1 heterocycles. The number of ether oxygens (including phenoxy) is 1. The molecule has 0 aliphatic carbocycles. The minimum atomic E-state index is -1.62. The van der Waals surface area contributed by atoms with Gasteiger partial charge in [-0.3, -0.25) is 14.5 Å². The maximum atomic E-state index is 14.0. The van der Waals surface area contributed by atoms with Gasteiger partial charge in [0.2, 0.25) is 0 Å². The van der Waals surface area contributed by atoms with Gasteiger partial charge in [-0.15, -0.1) is 0 Å². The van der Waals surface area contributed by atoms with Crippen LogP contribution >= 0.6 is 0 Å². The number of hydrogen-bond donors (Lipinski definition) is 4. The summed E-state index contributed by atoms with van der Waals surface area (Å²) in [5, 5.41) is 26.5. The van der Waals surface area contributed by atoms with Gasteiger partial charge in [0, 0.05) is 12.5 Å². The Kier molecular flexibility index (Phi) is 11.0. The standard InChI is InChI=1S/C29H37N3O7/c1-19(2)16-24(28(36)37)32(27(35)25(33)22-14-9-15-30-22)26(34)23(17-20-10-5-3-6-11-20)31-29(38)39-18-21-12-7-4-8-13-21/h3-8,10-13,19,22-25,30,33H,9,14-18H2,1-2H3,(H,31,38)(H,36,37)/t22?,23-,24+,25?/m0/s1. The molecule has 1 saturated heterocycles. The molecule has 0 spiro atoms. The van der Waals surface area contributed by atoms with Crippen LogP contribution in [0.15, 0.2) is 60.7 Å². The third kappa shape index (κ3) is 8.62. The Bertz CT molecular complexity index is 1100. The van der Waals surface area contributed by atoms with Crippen LogP contribution in [0.2, 0.25) is 0 Å². The van der Waals surface area contributed by atoms with Crippen molar-refractivity contribution in [3.8, 4) is 0 Å². The summed E-state index contributed by atoms with van der Waals surface area (Å²) in [5.41, 5.74) is 1.42. The highest BCUT2D eigenvalue weighted by molar-refractivity contribution is 6.04. The first-order valence-corrected chi connectivity index (χ1v) is 13.2. The minimum Gasteiger partial charge on any atom is -0.480 e. The van der Waals surface area contributed by atoms with Gasteiger partial charge in [0.1, 0.15) is 24.8 Å². The van der Waals surface area contributed by atoms with E-state index in [1.165, 1.54) is 0 Å². The Balaban J connectivity index is 1.91. The lowest BCUT2D eigenvalue weighted by Gasteiger charge is -2.34. The van der Waals surface area contributed by atoms with Crippen molar-refractivity contribution < 1.29 is 34.1 Å². The molecule has 2 aromatic carbocycles. The molecule has 0 aromatic heterocycles. The summed E-state index contributed by atoms with van der Waals surface area (Å²) in [6, 6.07) is 14.4. The maximum Gasteiger partial charge on any atom is 0.408 e. The average molecular weight is 540 g/mol. The predicted molar refractivity (Wildman–Crippen MR) is 143 cm³/mol. The first-order valence-electron chi connectivity index (χ1n) is 13.2. The van der Waals surface area contributed by atoms with E-state index in [0.29, 0.717) is 23.4 Å². The molecule has 3 rings (SSSR count). The van der Waals surface area contributed by atoms with E-state index in [4.69, 9.17) is 4.74 Å². The predicted octanol–water partition coefficient (Wildman–Crippen LogP) is 2.49. The molecule has 2 unspecified atom stereocenters. The van der Waals surface area contributed by atoms with E-state index in [9.17, 15) is 29.4 Å². The molecule has 0 radical (unpaired) electrons. The highest BCUT2D eigenvalue weighted by Crippen LogP contribution is 2.20. The van der Waals surface area contributed by atoms with Crippen LogP contribution in [0.1, 0.15) is 44.2 Å². The van der Waals surface area contributed by atoms with Crippen LogP contribution in [0.25, 0.3) is 0 Å². The molecule has 0 bridgehead atoms. The number of aliphatic hydroxyl groups excluding tert-OH is 1. The fraction of sp³-hybridized carbons (Fsp3) is 0.448. The number of benzene rings is 2. The average Bonchev–Trinajstić information content (AvgIpc) is 3.46. The van der Waals surface area contributed by atoms with Crippen molar-refractivity contribution in [3.63, 3.8) is 0 Å². The van der Waals surface area contributed by atoms with E-state index in [1.807, 2.05) is 6.07 Å². The Morgan fingerprint density at radius 2 is 1.62 bits per heavy atom. The number of nitrogens with one attached hydrogen (secondary N) is 2. The van der Waals surface area contributed by atoms with Crippen LogP contribution in [-0.2, 0) is 32.1 Å². The summed E-state index contributed by atoms with van der Waals surface area (Å²) in [6.07, 6.45) is -1.30. The van der Waals surface area contributed by atoms with Crippen LogP contribution in [0.5, 0.6) is 0 Å². The highest BCUT2D eigenvalue weighted by Gasteiger charge is 2.43. The number of carbonyl (C=O) groups is 4. The number of aliphatic hydroxyl groups is 1. The molecule has 210 valence electrons. The molecule has 0 saturated carbocycles. The molecule has 4 atom stereocenters. The lowest BCUT2D eigenvalue weighted by atomic mass is 9.98. The van der Waals surface area contributed by atoms with E-state index in [1.54, 1.807) is 68.4 Å². The zero-order valence-corrected chi connectivity index (χ0v) is 22.3. The fourth-order valence-corrected chi connectivity index (χ4v) is 4.60. The molecule has 1 fully saturated rings. The fourth-order valence-electron chi connectivity index (χ4n) is 4.60. The lowest BCUT2D eigenvalue weighted by molar-refractivity contribution is -0.164. The van der Waals surface area contributed by atoms with E-state index >= 15 is 0 Å². The summed E-state index contributed by atoms with van der Waals surface area (Å²) in [5.74, 6) is -3.48. The van der Waals surface area contributed by atoms with Crippen molar-refractivity contribution in [1.29, 1.82) is 0 Å². The lowest BCUT2D eigenvalue weighted by Crippen LogP contribution is -2.61. The number of hydrogen-bond acceptors (Lipinski definition) is 7. The van der Waals surface area contributed by atoms with Gasteiger partial charge in [-0.1, -0.05) is 74.5 Å². The van der Waals surface area contributed by atoms with Gasteiger partial charge in [0.25, 0.3) is 11.8 Å². The molecular formula is C29H37N3O7. The van der Waals surface area contributed by atoms with Crippen molar-refractivity contribution in [2.75, 3.05) is 6.54 Å². The summed E-state index contributed by atoms with van der Waals surface area (Å²) >= 11 is 0. The molecule has 10 nitrogen and oxygen atoms in total. The molecule has 39 heavy (non-hydrogen) atoms. The van der Waals surface area contributed by atoms with E-state index in [2.05, 4.69) is 10.6 Å². The first kappa shape index (κ1) is 29.8. The molecule has 2 aromatic rings. The van der Waals surface area contributed by atoms with Gasteiger partial charge in [-0.25, -0.2) is 9.59 Å². The van der Waals surface area contributed by atoms with Crippen LogP contribution in [0.3, 0.4) is 0 Å². The summed E-state index contributed by atoms with van der Waals surface area (Å²) in [4.78, 5) is 53.3. The summed E-state index contributed by atoms with van der Waals surface area (Å²) in [7, 11) is 0. The highest BCUT2D eigenvalue weighted by atomic mass is 16.5. The number of alkyl carbamates (subject to hydrolysis) is 1. The molecule has 1 aliphatic rings. The number of carboxylic acid groups (broad SMARTS) is 1. The van der Waals surface area contributed by atoms with Crippen LogP contribution in [-0.4, -0.2) is 69.8 Å². The number of amides is 3. The van der Waals surface area contributed by atoms with Crippen molar-refractivity contribution in [3.05, 3.63) is 71.8 Å². The number of aliphatic carboxylic acids is 1. The third-order valence-electron chi connectivity index (χ3n) is 6.58. The van der Waals surface area contributed by atoms with Gasteiger partial charge < -0.3 is 25.6 Å². The zero-order chi connectivity index (χ0) is 28.4. The van der Waals surface area contributed by atoms with Crippen LogP contribution in [0, 0.1) is 5.92 Å². The van der Waals surface area contributed by atoms with Crippen molar-refractivity contribution in [2.24, 2.45) is 5.92 Å². The molecule has 4 N–H and O–H groups in total. The van der Waals surface area contributed by atoms with Crippen molar-refractivity contribution in [1.82, 2.24) is 15.5 Å². The number of imide groups is 1. The molecule has 3 amide bonds. The van der Waals surface area contributed by atoms with Gasteiger partial charge in [-0.05, 0) is 42.9 Å². The van der Waals surface area contributed by atoms with Crippen molar-refractivity contribution >= 4 is 23.9 Å². The SMILES string of the molecule is CC(C)C[C@H](C(=O)O)N(C(=O)C(O)C1CCCN1)C(=O)[C@H](Cc1ccccc1)NC(=O)OCc1ccccc1. The van der Waals surface area contributed by atoms with Crippen LogP contribution in [0.4, 0.5) is 4.79 Å². The third-order valence-corrected chi connectivity index (χ3v) is 6.58. The van der Waals surface area contributed by atoms with Gasteiger partial charge in [0.15, 0.2) is 0 Å². The monoisotopic (exact) mass is 539 g/mol. The quantitative estimate of drug-likeness (QED) is 0.322. The molecule has 10 heteroatoms. The summed E-state index contributed by atoms with van der Waals surface area (Å²) in [6.45, 7) is 4.11. The Morgan fingerprint density at radius 3 is 2.15 bits per heavy atom. The Labute approximate surface area is 228 Å². The van der Waals surface area contributed by atoms with Gasteiger partial charge in [0.05, 0.1) is 0 Å². The van der Waals surface area contributed by atoms with Crippen molar-refractivity contribution in [2.45, 2.75) is 70.4 Å². The molecular weight excluding hydrogens is 502 g/mol. The van der Waals surface area contributed by atoms with E-state index in [-0.39, 0.29) is 25.4 Å². The molecule has 1 aliphatic heterocycles. The second kappa shape index (κ2) is 14.4. The zero-order valence-electron chi connectivity index (χ0n) is 22.3. The number of nitrogens with zero attached hydrogens (tertiary/aromatic N) is 1. The largest absolute Gasteiger partial charge is 0.480 e. The normalized spacial score (nSPS) is 17.2. The number of carboxylic acids is 1. The van der Waals surface area contributed by atoms with Gasteiger partial charge in [-0.2, -0.15) is 0 Å². The van der Waals surface area contributed by atoms with E-state index < -0.39 is 48.1 Å².